The lowest BCUT2D eigenvalue weighted by Gasteiger charge is -2.21. The lowest BCUT2D eigenvalue weighted by molar-refractivity contribution is 0.0899. The van der Waals surface area contributed by atoms with Gasteiger partial charge in [0.1, 0.15) is 0 Å². The Bertz CT molecular complexity index is 584. The molecule has 1 aliphatic heterocycles. The summed E-state index contributed by atoms with van der Waals surface area (Å²) in [5, 5.41) is 10.5. The van der Waals surface area contributed by atoms with Gasteiger partial charge in [0.2, 0.25) is 0 Å². The molecule has 1 saturated heterocycles. The van der Waals surface area contributed by atoms with Gasteiger partial charge in [-0.15, -0.1) is 0 Å². The number of nitrogens with one attached hydrogen (secondary N) is 2. The van der Waals surface area contributed by atoms with Gasteiger partial charge in [-0.25, -0.2) is 0 Å². The molecule has 118 valence electrons. The normalized spacial score (nSPS) is 22.8. The Balaban J connectivity index is 1.62. The highest BCUT2D eigenvalue weighted by molar-refractivity contribution is 5.22. The Morgan fingerprint density at radius 1 is 1.50 bits per heavy atom. The first-order valence-corrected chi connectivity index (χ1v) is 8.07. The minimum absolute atomic E-state index is 0.146. The van der Waals surface area contributed by atoms with Crippen LogP contribution in [0.15, 0.2) is 30.7 Å². The second-order valence-electron chi connectivity index (χ2n) is 5.90. The van der Waals surface area contributed by atoms with E-state index in [2.05, 4.69) is 40.4 Å². The van der Waals surface area contributed by atoms with E-state index >= 15 is 0 Å². The number of hydrogen-bond acceptors (Lipinski definition) is 4. The van der Waals surface area contributed by atoms with Crippen LogP contribution in [0.25, 0.3) is 0 Å². The lowest BCUT2D eigenvalue weighted by Crippen LogP contribution is -2.28. The maximum Gasteiger partial charge on any atom is 0.0896 e. The fraction of sp³-hybridized carbons (Fsp3) is 0.529. The number of aryl methyl sites for hydroxylation is 1. The molecular weight excluding hydrogens is 276 g/mol. The van der Waals surface area contributed by atoms with Crippen molar-refractivity contribution in [1.29, 1.82) is 0 Å². The Kier molecular flexibility index (Phi) is 4.85. The summed E-state index contributed by atoms with van der Waals surface area (Å²) in [7, 11) is 0. The van der Waals surface area contributed by atoms with Crippen LogP contribution in [0.1, 0.15) is 49.2 Å². The Hall–Kier alpha value is -1.72. The van der Waals surface area contributed by atoms with Gasteiger partial charge in [0.05, 0.1) is 18.0 Å². The Morgan fingerprint density at radius 3 is 3.18 bits per heavy atom. The quantitative estimate of drug-likeness (QED) is 0.861. The van der Waals surface area contributed by atoms with Crippen molar-refractivity contribution in [2.24, 2.45) is 5.92 Å². The van der Waals surface area contributed by atoms with Crippen molar-refractivity contribution < 1.29 is 4.74 Å². The summed E-state index contributed by atoms with van der Waals surface area (Å²) in [5.74, 6) is 0.480. The third-order valence-corrected chi connectivity index (χ3v) is 4.47. The fourth-order valence-electron chi connectivity index (χ4n) is 3.19. The number of pyridine rings is 1. The molecule has 22 heavy (non-hydrogen) atoms. The largest absolute Gasteiger partial charge is 0.373 e. The molecule has 5 nitrogen and oxygen atoms in total. The molecule has 2 aromatic heterocycles. The first kappa shape index (κ1) is 15.2. The monoisotopic (exact) mass is 300 g/mol. The number of H-pyrrole nitrogens is 1. The number of hydrogen-bond donors (Lipinski definition) is 2. The first-order valence-electron chi connectivity index (χ1n) is 8.07. The van der Waals surface area contributed by atoms with Gasteiger partial charge in [0.25, 0.3) is 0 Å². The fourth-order valence-corrected chi connectivity index (χ4v) is 3.19. The van der Waals surface area contributed by atoms with E-state index in [1.165, 1.54) is 5.56 Å². The molecule has 1 unspecified atom stereocenters. The molecule has 3 rings (SSSR count). The maximum absolute atomic E-state index is 5.88. The molecule has 2 aromatic rings. The van der Waals surface area contributed by atoms with E-state index in [1.54, 1.807) is 0 Å². The van der Waals surface area contributed by atoms with Crippen LogP contribution in [0, 0.1) is 5.92 Å². The highest BCUT2D eigenvalue weighted by atomic mass is 16.5. The molecule has 2 N–H and O–H groups in total. The zero-order valence-corrected chi connectivity index (χ0v) is 13.2. The van der Waals surface area contributed by atoms with Crippen LogP contribution in [0.5, 0.6) is 0 Å². The van der Waals surface area contributed by atoms with Crippen molar-refractivity contribution in [3.63, 3.8) is 0 Å². The maximum atomic E-state index is 5.88. The smallest absolute Gasteiger partial charge is 0.0896 e. The van der Waals surface area contributed by atoms with Crippen LogP contribution in [0.3, 0.4) is 0 Å². The third kappa shape index (κ3) is 3.20. The minimum Gasteiger partial charge on any atom is -0.373 e. The van der Waals surface area contributed by atoms with E-state index < -0.39 is 0 Å². The Morgan fingerprint density at radius 2 is 2.41 bits per heavy atom. The highest BCUT2D eigenvalue weighted by Gasteiger charge is 2.30. The van der Waals surface area contributed by atoms with E-state index in [0.29, 0.717) is 5.92 Å². The van der Waals surface area contributed by atoms with Gasteiger partial charge in [-0.2, -0.15) is 5.10 Å². The zero-order chi connectivity index (χ0) is 15.4. The molecule has 0 spiro atoms. The Labute approximate surface area is 131 Å². The third-order valence-electron chi connectivity index (χ3n) is 4.47. The SMILES string of the molecule is CCc1cccnc1C(C)NC[C@H]1CCO[C@@H]1c1cn[nH]c1. The van der Waals surface area contributed by atoms with Crippen molar-refractivity contribution in [2.75, 3.05) is 13.2 Å². The predicted octanol–water partition coefficient (Wildman–Crippen LogP) is 2.80. The highest BCUT2D eigenvalue weighted by Crippen LogP contribution is 2.33. The zero-order valence-electron chi connectivity index (χ0n) is 13.2. The summed E-state index contributed by atoms with van der Waals surface area (Å²) in [4.78, 5) is 4.55. The summed E-state index contributed by atoms with van der Waals surface area (Å²) in [5.41, 5.74) is 3.62. The second kappa shape index (κ2) is 7.03. The lowest BCUT2D eigenvalue weighted by atomic mass is 9.96. The van der Waals surface area contributed by atoms with Gasteiger partial charge in [-0.05, 0) is 31.4 Å². The van der Waals surface area contributed by atoms with Crippen molar-refractivity contribution in [3.8, 4) is 0 Å². The van der Waals surface area contributed by atoms with E-state index in [9.17, 15) is 0 Å². The van der Waals surface area contributed by atoms with Crippen molar-refractivity contribution in [2.45, 2.75) is 38.8 Å². The predicted molar refractivity (Wildman–Crippen MR) is 85.4 cm³/mol. The summed E-state index contributed by atoms with van der Waals surface area (Å²) in [6, 6.07) is 4.42. The van der Waals surface area contributed by atoms with Crippen LogP contribution < -0.4 is 5.32 Å². The molecule has 0 aliphatic carbocycles. The summed E-state index contributed by atoms with van der Waals surface area (Å²) in [6.45, 7) is 6.11. The number of aromatic amines is 1. The topological polar surface area (TPSA) is 62.8 Å². The van der Waals surface area contributed by atoms with Crippen LogP contribution in [-0.4, -0.2) is 28.3 Å². The van der Waals surface area contributed by atoms with Gasteiger partial charge < -0.3 is 10.1 Å². The van der Waals surface area contributed by atoms with Crippen LogP contribution in [0.4, 0.5) is 0 Å². The van der Waals surface area contributed by atoms with E-state index in [0.717, 1.165) is 37.3 Å². The molecular formula is C17H24N4O. The molecule has 0 aromatic carbocycles. The molecule has 0 saturated carbocycles. The molecule has 1 fully saturated rings. The molecule has 5 heteroatoms. The van der Waals surface area contributed by atoms with Crippen molar-refractivity contribution in [3.05, 3.63) is 47.5 Å². The van der Waals surface area contributed by atoms with Crippen LogP contribution >= 0.6 is 0 Å². The molecule has 0 bridgehead atoms. The summed E-state index contributed by atoms with van der Waals surface area (Å²) >= 11 is 0. The van der Waals surface area contributed by atoms with Gasteiger partial charge >= 0.3 is 0 Å². The number of aromatic nitrogens is 3. The van der Waals surface area contributed by atoms with E-state index in [4.69, 9.17) is 4.74 Å². The standard InChI is InChI=1S/C17H24N4O/c1-3-13-5-4-7-18-16(13)12(2)19-9-14-6-8-22-17(14)15-10-20-21-11-15/h4-5,7,10-12,14,17,19H,3,6,8-9H2,1-2H3,(H,20,21)/t12?,14-,17+/m1/s1. The van der Waals surface area contributed by atoms with Crippen molar-refractivity contribution in [1.82, 2.24) is 20.5 Å². The minimum atomic E-state index is 0.146. The molecule has 3 heterocycles. The average Bonchev–Trinajstić information content (AvgIpc) is 3.23. The van der Waals surface area contributed by atoms with Crippen LogP contribution in [-0.2, 0) is 11.2 Å². The number of nitrogens with zero attached hydrogens (tertiary/aromatic N) is 2. The number of ether oxygens (including phenoxy) is 1. The van der Waals surface area contributed by atoms with Gasteiger partial charge in [0.15, 0.2) is 0 Å². The van der Waals surface area contributed by atoms with Gasteiger partial charge in [0, 0.05) is 43.1 Å². The second-order valence-corrected chi connectivity index (χ2v) is 5.90. The first-order chi connectivity index (χ1) is 10.8. The van der Waals surface area contributed by atoms with E-state index in [1.807, 2.05) is 24.7 Å². The molecule has 0 radical (unpaired) electrons. The average molecular weight is 300 g/mol. The molecule has 0 amide bonds. The van der Waals surface area contributed by atoms with Gasteiger partial charge in [-0.1, -0.05) is 13.0 Å². The van der Waals surface area contributed by atoms with Crippen LogP contribution in [0.2, 0.25) is 0 Å². The van der Waals surface area contributed by atoms with E-state index in [-0.39, 0.29) is 12.1 Å². The summed E-state index contributed by atoms with van der Waals surface area (Å²) in [6.07, 6.45) is 7.91. The molecule has 3 atom stereocenters. The molecule has 1 aliphatic rings. The summed E-state index contributed by atoms with van der Waals surface area (Å²) < 4.78 is 5.88. The number of rotatable bonds is 6. The van der Waals surface area contributed by atoms with Gasteiger partial charge in [-0.3, -0.25) is 10.1 Å². The van der Waals surface area contributed by atoms with Crippen molar-refractivity contribution >= 4 is 0 Å².